The molecule has 1 heterocycles. The summed E-state index contributed by atoms with van der Waals surface area (Å²) in [6.07, 6.45) is 2.69. The van der Waals surface area contributed by atoms with Gasteiger partial charge in [0.25, 0.3) is 0 Å². The van der Waals surface area contributed by atoms with Crippen LogP contribution in [0.2, 0.25) is 0 Å². The Hall–Kier alpha value is -2.82. The SMILES string of the molecule is Cc1ccc(C)c(CC(=O)NC(C)C(=O)Nc2cccc(N3CCCC3)c2)c1. The van der Waals surface area contributed by atoms with Crippen molar-refractivity contribution in [3.05, 3.63) is 59.2 Å². The Bertz CT molecular complexity index is 857. The normalized spacial score (nSPS) is 14.6. The highest BCUT2D eigenvalue weighted by Crippen LogP contribution is 2.23. The zero-order valence-electron chi connectivity index (χ0n) is 16.9. The second-order valence-corrected chi connectivity index (χ2v) is 7.63. The molecular weight excluding hydrogens is 350 g/mol. The van der Waals surface area contributed by atoms with E-state index in [0.717, 1.165) is 41.2 Å². The first-order valence-electron chi connectivity index (χ1n) is 9.94. The number of hydrogen-bond acceptors (Lipinski definition) is 3. The highest BCUT2D eigenvalue weighted by atomic mass is 16.2. The van der Waals surface area contributed by atoms with Crippen LogP contribution in [0.3, 0.4) is 0 Å². The summed E-state index contributed by atoms with van der Waals surface area (Å²) in [5.41, 5.74) is 5.07. The molecule has 1 aliphatic rings. The van der Waals surface area contributed by atoms with Gasteiger partial charge in [-0.25, -0.2) is 0 Å². The lowest BCUT2D eigenvalue weighted by Crippen LogP contribution is -2.42. The number of amides is 2. The van der Waals surface area contributed by atoms with Gasteiger partial charge in [0, 0.05) is 24.5 Å². The number of carbonyl (C=O) groups excluding carboxylic acids is 2. The van der Waals surface area contributed by atoms with Gasteiger partial charge >= 0.3 is 0 Å². The molecule has 2 aromatic carbocycles. The minimum Gasteiger partial charge on any atom is -0.371 e. The predicted octanol–water partition coefficient (Wildman–Crippen LogP) is 3.59. The average molecular weight is 380 g/mol. The Balaban J connectivity index is 1.56. The Morgan fingerprint density at radius 2 is 1.82 bits per heavy atom. The van der Waals surface area contributed by atoms with E-state index in [4.69, 9.17) is 0 Å². The van der Waals surface area contributed by atoms with Crippen LogP contribution in [0.1, 0.15) is 36.5 Å². The number of anilines is 2. The van der Waals surface area contributed by atoms with E-state index in [-0.39, 0.29) is 18.2 Å². The molecule has 0 saturated carbocycles. The van der Waals surface area contributed by atoms with Crippen molar-refractivity contribution in [3.8, 4) is 0 Å². The van der Waals surface area contributed by atoms with Gasteiger partial charge in [0.2, 0.25) is 11.8 Å². The summed E-state index contributed by atoms with van der Waals surface area (Å²) >= 11 is 0. The summed E-state index contributed by atoms with van der Waals surface area (Å²) in [4.78, 5) is 27.2. The fourth-order valence-electron chi connectivity index (χ4n) is 3.53. The van der Waals surface area contributed by atoms with E-state index in [1.807, 2.05) is 50.2 Å². The molecule has 1 fully saturated rings. The van der Waals surface area contributed by atoms with Crippen molar-refractivity contribution in [3.63, 3.8) is 0 Å². The summed E-state index contributed by atoms with van der Waals surface area (Å²) in [6, 6.07) is 13.3. The molecule has 0 bridgehead atoms. The Morgan fingerprint density at radius 1 is 1.07 bits per heavy atom. The second-order valence-electron chi connectivity index (χ2n) is 7.63. The lowest BCUT2D eigenvalue weighted by Gasteiger charge is -2.19. The molecule has 5 heteroatoms. The van der Waals surface area contributed by atoms with E-state index >= 15 is 0 Å². The van der Waals surface area contributed by atoms with Crippen molar-refractivity contribution in [2.75, 3.05) is 23.3 Å². The number of rotatable bonds is 6. The third-order valence-corrected chi connectivity index (χ3v) is 5.21. The second kappa shape index (κ2) is 8.91. The minimum absolute atomic E-state index is 0.151. The summed E-state index contributed by atoms with van der Waals surface area (Å²) in [7, 11) is 0. The standard InChI is InChI=1S/C23H29N3O2/c1-16-9-10-17(2)19(13-16)14-22(27)24-18(3)23(28)25-20-7-6-8-21(15-20)26-11-4-5-12-26/h6-10,13,15,18H,4-5,11-12,14H2,1-3H3,(H,24,27)(H,25,28). The molecule has 3 rings (SSSR count). The smallest absolute Gasteiger partial charge is 0.246 e. The maximum Gasteiger partial charge on any atom is 0.246 e. The molecule has 2 aromatic rings. The first-order chi connectivity index (χ1) is 13.4. The highest BCUT2D eigenvalue weighted by molar-refractivity contribution is 5.97. The lowest BCUT2D eigenvalue weighted by molar-refractivity contribution is -0.125. The van der Waals surface area contributed by atoms with Gasteiger partial charge in [0.05, 0.1) is 6.42 Å². The molecule has 2 amide bonds. The fourth-order valence-corrected chi connectivity index (χ4v) is 3.53. The summed E-state index contributed by atoms with van der Waals surface area (Å²) in [5, 5.41) is 5.72. The molecule has 0 radical (unpaired) electrons. The van der Waals surface area contributed by atoms with Crippen molar-refractivity contribution in [2.24, 2.45) is 0 Å². The monoisotopic (exact) mass is 379 g/mol. The summed E-state index contributed by atoms with van der Waals surface area (Å²) in [5.74, 6) is -0.366. The first kappa shape index (κ1) is 19.9. The molecule has 1 aliphatic heterocycles. The number of benzene rings is 2. The Labute approximate surface area is 167 Å². The van der Waals surface area contributed by atoms with E-state index in [9.17, 15) is 9.59 Å². The Kier molecular flexibility index (Phi) is 6.34. The topological polar surface area (TPSA) is 61.4 Å². The van der Waals surface area contributed by atoms with Gasteiger partial charge in [-0.05, 0) is 62.9 Å². The van der Waals surface area contributed by atoms with Gasteiger partial charge in [0.1, 0.15) is 6.04 Å². The molecule has 148 valence electrons. The van der Waals surface area contributed by atoms with E-state index in [1.165, 1.54) is 12.8 Å². The van der Waals surface area contributed by atoms with Crippen molar-refractivity contribution in [1.82, 2.24) is 5.32 Å². The van der Waals surface area contributed by atoms with E-state index < -0.39 is 6.04 Å². The van der Waals surface area contributed by atoms with Crippen molar-refractivity contribution in [2.45, 2.75) is 46.1 Å². The van der Waals surface area contributed by atoms with Gasteiger partial charge in [0.15, 0.2) is 0 Å². The Morgan fingerprint density at radius 3 is 2.57 bits per heavy atom. The van der Waals surface area contributed by atoms with Crippen molar-refractivity contribution in [1.29, 1.82) is 0 Å². The van der Waals surface area contributed by atoms with Crippen LogP contribution in [-0.4, -0.2) is 30.9 Å². The molecule has 0 aliphatic carbocycles. The molecule has 5 nitrogen and oxygen atoms in total. The molecule has 1 saturated heterocycles. The van der Waals surface area contributed by atoms with Crippen LogP contribution in [0, 0.1) is 13.8 Å². The lowest BCUT2D eigenvalue weighted by atomic mass is 10.0. The van der Waals surface area contributed by atoms with Crippen LogP contribution in [0.5, 0.6) is 0 Å². The van der Waals surface area contributed by atoms with Crippen LogP contribution < -0.4 is 15.5 Å². The predicted molar refractivity (Wildman–Crippen MR) is 114 cm³/mol. The average Bonchev–Trinajstić information content (AvgIpc) is 3.19. The number of hydrogen-bond donors (Lipinski definition) is 2. The zero-order valence-corrected chi connectivity index (χ0v) is 16.9. The number of carbonyl (C=O) groups is 2. The number of nitrogens with zero attached hydrogens (tertiary/aromatic N) is 1. The van der Waals surface area contributed by atoms with Crippen molar-refractivity contribution < 1.29 is 9.59 Å². The van der Waals surface area contributed by atoms with E-state index in [2.05, 4.69) is 21.6 Å². The van der Waals surface area contributed by atoms with Crippen molar-refractivity contribution >= 4 is 23.2 Å². The minimum atomic E-state index is -0.604. The number of nitrogens with one attached hydrogen (secondary N) is 2. The third kappa shape index (κ3) is 5.12. The maximum absolute atomic E-state index is 12.5. The van der Waals surface area contributed by atoms with Crippen LogP contribution in [0.15, 0.2) is 42.5 Å². The molecule has 0 aromatic heterocycles. The number of aryl methyl sites for hydroxylation is 2. The van der Waals surface area contributed by atoms with Gasteiger partial charge in [-0.3, -0.25) is 9.59 Å². The summed E-state index contributed by atoms with van der Waals surface area (Å²) < 4.78 is 0. The quantitative estimate of drug-likeness (QED) is 0.806. The zero-order chi connectivity index (χ0) is 20.1. The van der Waals surface area contributed by atoms with Gasteiger partial charge in [-0.2, -0.15) is 0 Å². The van der Waals surface area contributed by atoms with Gasteiger partial charge in [-0.1, -0.05) is 29.8 Å². The largest absolute Gasteiger partial charge is 0.371 e. The van der Waals surface area contributed by atoms with Crippen LogP contribution in [0.25, 0.3) is 0 Å². The fraction of sp³-hybridized carbons (Fsp3) is 0.391. The molecule has 2 N–H and O–H groups in total. The van der Waals surface area contributed by atoms with Gasteiger partial charge < -0.3 is 15.5 Å². The summed E-state index contributed by atoms with van der Waals surface area (Å²) in [6.45, 7) is 7.82. The van der Waals surface area contributed by atoms with E-state index in [1.54, 1.807) is 6.92 Å². The third-order valence-electron chi connectivity index (χ3n) is 5.21. The van der Waals surface area contributed by atoms with Gasteiger partial charge in [-0.15, -0.1) is 0 Å². The molecule has 1 atom stereocenters. The van der Waals surface area contributed by atoms with Crippen LogP contribution in [-0.2, 0) is 16.0 Å². The van der Waals surface area contributed by atoms with Crippen LogP contribution >= 0.6 is 0 Å². The molecule has 1 unspecified atom stereocenters. The first-order valence-corrected chi connectivity index (χ1v) is 9.94. The maximum atomic E-state index is 12.5. The molecular formula is C23H29N3O2. The molecule has 28 heavy (non-hydrogen) atoms. The van der Waals surface area contributed by atoms with E-state index in [0.29, 0.717) is 0 Å². The molecule has 0 spiro atoms. The van der Waals surface area contributed by atoms with Crippen LogP contribution in [0.4, 0.5) is 11.4 Å². The highest BCUT2D eigenvalue weighted by Gasteiger charge is 2.18.